The molecule has 2 aromatic rings. The summed E-state index contributed by atoms with van der Waals surface area (Å²) in [5, 5.41) is 14.5. The lowest BCUT2D eigenvalue weighted by molar-refractivity contribution is -0.297. The maximum absolute atomic E-state index is 13.5. The monoisotopic (exact) mass is 372 g/mol. The Labute approximate surface area is 145 Å². The summed E-state index contributed by atoms with van der Waals surface area (Å²) in [5.41, 5.74) is -3.30. The van der Waals surface area contributed by atoms with Gasteiger partial charge in [-0.25, -0.2) is 0 Å². The quantitative estimate of drug-likeness (QED) is 0.873. The maximum atomic E-state index is 13.5. The molecule has 25 heavy (non-hydrogen) atoms. The van der Waals surface area contributed by atoms with Gasteiger partial charge in [0.1, 0.15) is 5.76 Å². The van der Waals surface area contributed by atoms with Crippen LogP contribution in [0.5, 0.6) is 0 Å². The van der Waals surface area contributed by atoms with Crippen molar-refractivity contribution in [3.63, 3.8) is 0 Å². The predicted octanol–water partition coefficient (Wildman–Crippen LogP) is 3.74. The fourth-order valence-electron chi connectivity index (χ4n) is 2.50. The Morgan fingerprint density at radius 1 is 1.32 bits per heavy atom. The molecule has 0 fully saturated rings. The van der Waals surface area contributed by atoms with Crippen molar-refractivity contribution in [2.75, 3.05) is 0 Å². The lowest BCUT2D eigenvalue weighted by Crippen LogP contribution is -2.56. The third kappa shape index (κ3) is 2.91. The number of hydrazone groups is 1. The molecule has 1 aliphatic rings. The van der Waals surface area contributed by atoms with Crippen LogP contribution in [0.4, 0.5) is 13.2 Å². The molecular formula is C16H12ClF3N2O3. The van der Waals surface area contributed by atoms with Crippen LogP contribution in [-0.2, 0) is 0 Å². The van der Waals surface area contributed by atoms with E-state index in [2.05, 4.69) is 5.10 Å². The highest BCUT2D eigenvalue weighted by atomic mass is 35.5. The fourth-order valence-corrected chi connectivity index (χ4v) is 2.63. The van der Waals surface area contributed by atoms with Crippen molar-refractivity contribution in [1.82, 2.24) is 5.01 Å². The van der Waals surface area contributed by atoms with Gasteiger partial charge in [0.2, 0.25) is 0 Å². The van der Waals surface area contributed by atoms with Crippen LogP contribution in [0.15, 0.2) is 46.1 Å². The number of nitrogens with zero attached hydrogens (tertiary/aromatic N) is 2. The molecule has 0 aliphatic carbocycles. The summed E-state index contributed by atoms with van der Waals surface area (Å²) in [6.45, 7) is 1.43. The number of amides is 1. The summed E-state index contributed by atoms with van der Waals surface area (Å²) in [5.74, 6) is -0.972. The average molecular weight is 373 g/mol. The van der Waals surface area contributed by atoms with Crippen LogP contribution in [-0.4, -0.2) is 33.6 Å². The van der Waals surface area contributed by atoms with E-state index in [4.69, 9.17) is 16.0 Å². The van der Waals surface area contributed by atoms with E-state index in [9.17, 15) is 23.1 Å². The summed E-state index contributed by atoms with van der Waals surface area (Å²) in [6.07, 6.45) is -4.81. The van der Waals surface area contributed by atoms with Crippen molar-refractivity contribution in [2.24, 2.45) is 5.10 Å². The van der Waals surface area contributed by atoms with E-state index in [1.54, 1.807) is 0 Å². The van der Waals surface area contributed by atoms with Crippen molar-refractivity contribution in [2.45, 2.75) is 25.2 Å². The number of hydrogen-bond donors (Lipinski definition) is 1. The van der Waals surface area contributed by atoms with Gasteiger partial charge >= 0.3 is 6.18 Å². The van der Waals surface area contributed by atoms with Gasteiger partial charge in [0, 0.05) is 5.02 Å². The Morgan fingerprint density at radius 3 is 2.48 bits per heavy atom. The maximum Gasteiger partial charge on any atom is 0.438 e. The molecule has 1 amide bonds. The first-order valence-electron chi connectivity index (χ1n) is 7.14. The van der Waals surface area contributed by atoms with Gasteiger partial charge < -0.3 is 9.52 Å². The van der Waals surface area contributed by atoms with Crippen LogP contribution in [0.3, 0.4) is 0 Å². The largest absolute Gasteiger partial charge is 0.469 e. The van der Waals surface area contributed by atoms with Crippen molar-refractivity contribution in [1.29, 1.82) is 0 Å². The zero-order valence-electron chi connectivity index (χ0n) is 12.8. The second kappa shape index (κ2) is 5.89. The van der Waals surface area contributed by atoms with Gasteiger partial charge in [0.25, 0.3) is 11.6 Å². The molecule has 1 aliphatic heterocycles. The molecule has 0 radical (unpaired) electrons. The highest BCUT2D eigenvalue weighted by Gasteiger charge is 2.63. The number of halogens is 4. The van der Waals surface area contributed by atoms with Gasteiger partial charge in [0.05, 0.1) is 24.0 Å². The van der Waals surface area contributed by atoms with Crippen LogP contribution in [0.1, 0.15) is 28.1 Å². The van der Waals surface area contributed by atoms with E-state index < -0.39 is 24.2 Å². The molecular weight excluding hydrogens is 361 g/mol. The molecule has 1 N–H and O–H groups in total. The van der Waals surface area contributed by atoms with Crippen LogP contribution in [0, 0.1) is 6.92 Å². The smallest absolute Gasteiger partial charge is 0.438 e. The van der Waals surface area contributed by atoms with Crippen molar-refractivity contribution in [3.05, 3.63) is 58.5 Å². The van der Waals surface area contributed by atoms with E-state index >= 15 is 0 Å². The van der Waals surface area contributed by atoms with Gasteiger partial charge in [0.15, 0.2) is 0 Å². The Hall–Kier alpha value is -2.32. The van der Waals surface area contributed by atoms with E-state index in [1.807, 2.05) is 0 Å². The first-order valence-corrected chi connectivity index (χ1v) is 7.52. The number of benzene rings is 1. The number of rotatable bonds is 2. The lowest BCUT2D eigenvalue weighted by Gasteiger charge is -2.32. The predicted molar refractivity (Wildman–Crippen MR) is 83.2 cm³/mol. The molecule has 2 heterocycles. The molecule has 132 valence electrons. The minimum Gasteiger partial charge on any atom is -0.469 e. The zero-order valence-corrected chi connectivity index (χ0v) is 13.6. The number of carbonyl (C=O) groups excluding carboxylic acids is 1. The number of carbonyl (C=O) groups is 1. The van der Waals surface area contributed by atoms with Crippen LogP contribution < -0.4 is 0 Å². The summed E-state index contributed by atoms with van der Waals surface area (Å²) in [6, 6.07) is 7.13. The van der Waals surface area contributed by atoms with Crippen molar-refractivity contribution >= 4 is 23.2 Å². The topological polar surface area (TPSA) is 66.0 Å². The molecule has 1 aromatic heterocycles. The third-order valence-electron chi connectivity index (χ3n) is 3.90. The fraction of sp³-hybridized carbons (Fsp3) is 0.250. The molecule has 3 rings (SSSR count). The van der Waals surface area contributed by atoms with E-state index in [-0.39, 0.29) is 22.0 Å². The number of hydrogen-bond acceptors (Lipinski definition) is 4. The Kier molecular flexibility index (Phi) is 4.12. The third-order valence-corrected chi connectivity index (χ3v) is 4.15. The van der Waals surface area contributed by atoms with Gasteiger partial charge in [-0.1, -0.05) is 23.7 Å². The second-order valence-electron chi connectivity index (χ2n) is 5.55. The van der Waals surface area contributed by atoms with Gasteiger partial charge in [-0.2, -0.15) is 23.3 Å². The van der Waals surface area contributed by atoms with E-state index in [1.165, 1.54) is 43.5 Å². The lowest BCUT2D eigenvalue weighted by atomic mass is 10.0. The molecule has 1 unspecified atom stereocenters. The van der Waals surface area contributed by atoms with Crippen molar-refractivity contribution < 1.29 is 27.5 Å². The number of alkyl halides is 3. The normalized spacial score (nSPS) is 20.7. The number of aryl methyl sites for hydroxylation is 1. The van der Waals surface area contributed by atoms with Crippen LogP contribution >= 0.6 is 11.6 Å². The minimum atomic E-state index is -5.10. The van der Waals surface area contributed by atoms with Gasteiger partial charge in [-0.3, -0.25) is 4.79 Å². The SMILES string of the molecule is Cc1occc1C(=O)N1N=C(c2ccc(Cl)cc2)CC1(O)C(F)(F)F. The summed E-state index contributed by atoms with van der Waals surface area (Å²) >= 11 is 5.77. The molecule has 0 spiro atoms. The zero-order chi connectivity index (χ0) is 18.4. The molecule has 5 nitrogen and oxygen atoms in total. The number of aliphatic hydroxyl groups is 1. The van der Waals surface area contributed by atoms with Gasteiger partial charge in [-0.05, 0) is 30.7 Å². The molecule has 1 atom stereocenters. The number of furan rings is 1. The molecule has 1 aromatic carbocycles. The van der Waals surface area contributed by atoms with Crippen LogP contribution in [0.25, 0.3) is 0 Å². The minimum absolute atomic E-state index is 0.0643. The Balaban J connectivity index is 2.05. The molecule has 0 bridgehead atoms. The van der Waals surface area contributed by atoms with Crippen LogP contribution in [0.2, 0.25) is 5.02 Å². The molecule has 0 saturated heterocycles. The van der Waals surface area contributed by atoms with E-state index in [0.717, 1.165) is 0 Å². The summed E-state index contributed by atoms with van der Waals surface area (Å²) < 4.78 is 45.4. The molecule has 9 heteroatoms. The Morgan fingerprint density at radius 2 is 1.96 bits per heavy atom. The standard InChI is InChI=1S/C16H12ClF3N2O3/c1-9-12(6-7-25-9)14(23)22-15(24,16(18,19)20)8-13(21-22)10-2-4-11(17)5-3-10/h2-7,24H,8H2,1H3. The molecule has 0 saturated carbocycles. The van der Waals surface area contributed by atoms with Gasteiger partial charge in [-0.15, -0.1) is 0 Å². The average Bonchev–Trinajstić information content (AvgIpc) is 3.11. The van der Waals surface area contributed by atoms with Crippen molar-refractivity contribution in [3.8, 4) is 0 Å². The summed E-state index contributed by atoms with van der Waals surface area (Å²) in [4.78, 5) is 12.5. The second-order valence-corrected chi connectivity index (χ2v) is 5.99. The summed E-state index contributed by atoms with van der Waals surface area (Å²) in [7, 11) is 0. The Bertz CT molecular complexity index is 845. The van der Waals surface area contributed by atoms with E-state index in [0.29, 0.717) is 10.6 Å². The first kappa shape index (κ1) is 17.5. The highest BCUT2D eigenvalue weighted by molar-refractivity contribution is 6.30. The highest BCUT2D eigenvalue weighted by Crippen LogP contribution is 2.42. The first-order chi connectivity index (χ1) is 11.6.